The van der Waals surface area contributed by atoms with Gasteiger partial charge in [-0.05, 0) is 71.0 Å². The Bertz CT molecular complexity index is 513. The zero-order chi connectivity index (χ0) is 17.0. The molecule has 0 aliphatic carbocycles. The van der Waals surface area contributed by atoms with E-state index in [2.05, 4.69) is 60.5 Å². The molecule has 150 valence electrons. The Morgan fingerprint density at radius 3 is 2.15 bits per heavy atom. The molecule has 1 spiro atoms. The van der Waals surface area contributed by atoms with Crippen LogP contribution in [0.4, 0.5) is 0 Å². The molecule has 0 saturated carbocycles. The predicted molar refractivity (Wildman–Crippen MR) is 114 cm³/mol. The van der Waals surface area contributed by atoms with E-state index in [9.17, 15) is 0 Å². The number of hydrogen-bond donors (Lipinski definition) is 1. The summed E-state index contributed by atoms with van der Waals surface area (Å²) in [6, 6.07) is 9.74. The third-order valence-electron chi connectivity index (χ3n) is 5.56. The molecule has 0 amide bonds. The number of benzene rings is 1. The Morgan fingerprint density at radius 1 is 1.00 bits per heavy atom. The summed E-state index contributed by atoms with van der Waals surface area (Å²) in [5.74, 6) is 0. The molecule has 0 aromatic heterocycles. The number of hydrogen-bond acceptors (Lipinski definition) is 4. The van der Waals surface area contributed by atoms with Crippen molar-refractivity contribution in [2.24, 2.45) is 0 Å². The topological polar surface area (TPSA) is 27.7 Å². The highest BCUT2D eigenvalue weighted by molar-refractivity contribution is 5.85. The van der Waals surface area contributed by atoms with E-state index >= 15 is 0 Å². The fourth-order valence-electron chi connectivity index (χ4n) is 4.14. The van der Waals surface area contributed by atoms with Crippen LogP contribution in [0, 0.1) is 0 Å². The van der Waals surface area contributed by atoms with Gasteiger partial charge < -0.3 is 15.0 Å². The highest BCUT2D eigenvalue weighted by Gasteiger charge is 2.39. The molecule has 2 saturated heterocycles. The summed E-state index contributed by atoms with van der Waals surface area (Å²) in [6.07, 6.45) is 4.67. The Kier molecular flexibility index (Phi) is 9.87. The molecule has 1 N–H and O–H groups in total. The second kappa shape index (κ2) is 10.8. The maximum absolute atomic E-state index is 6.22. The second-order valence-electron chi connectivity index (χ2n) is 7.90. The SMILES string of the molecule is CN(C)Cc1ccc(CN(C)C2CCOC3(CCNCC3)C2)cc1.Cl.Cl. The van der Waals surface area contributed by atoms with E-state index in [0.29, 0.717) is 6.04 Å². The minimum Gasteiger partial charge on any atom is -0.375 e. The summed E-state index contributed by atoms with van der Waals surface area (Å²) in [5.41, 5.74) is 2.93. The maximum atomic E-state index is 6.22. The molecule has 3 rings (SSSR count). The van der Waals surface area contributed by atoms with Crippen LogP contribution in [0.3, 0.4) is 0 Å². The van der Waals surface area contributed by atoms with Crippen LogP contribution in [0.2, 0.25) is 0 Å². The minimum atomic E-state index is 0. The summed E-state index contributed by atoms with van der Waals surface area (Å²) in [5, 5.41) is 3.46. The molecular weight excluding hydrogens is 369 g/mol. The molecule has 2 aliphatic heterocycles. The van der Waals surface area contributed by atoms with Crippen molar-refractivity contribution in [1.82, 2.24) is 15.1 Å². The fourth-order valence-corrected chi connectivity index (χ4v) is 4.14. The predicted octanol–water partition coefficient (Wildman–Crippen LogP) is 3.32. The zero-order valence-corrected chi connectivity index (χ0v) is 18.0. The lowest BCUT2D eigenvalue weighted by molar-refractivity contribution is -0.119. The molecule has 1 unspecified atom stereocenters. The maximum Gasteiger partial charge on any atom is 0.0721 e. The van der Waals surface area contributed by atoms with E-state index < -0.39 is 0 Å². The number of rotatable bonds is 5. The van der Waals surface area contributed by atoms with Crippen molar-refractivity contribution >= 4 is 24.8 Å². The van der Waals surface area contributed by atoms with Gasteiger partial charge in [0.2, 0.25) is 0 Å². The lowest BCUT2D eigenvalue weighted by Crippen LogP contribution is -2.52. The van der Waals surface area contributed by atoms with Crippen LogP contribution < -0.4 is 5.32 Å². The Hall–Kier alpha value is -0.360. The van der Waals surface area contributed by atoms with Gasteiger partial charge in [0, 0.05) is 25.7 Å². The number of nitrogens with zero attached hydrogens (tertiary/aromatic N) is 2. The lowest BCUT2D eigenvalue weighted by atomic mass is 9.82. The van der Waals surface area contributed by atoms with Gasteiger partial charge in [0.15, 0.2) is 0 Å². The third-order valence-corrected chi connectivity index (χ3v) is 5.56. The van der Waals surface area contributed by atoms with E-state index in [1.165, 1.54) is 17.5 Å². The molecule has 1 aromatic rings. The van der Waals surface area contributed by atoms with E-state index in [0.717, 1.165) is 52.0 Å². The average molecular weight is 404 g/mol. The summed E-state index contributed by atoms with van der Waals surface area (Å²) < 4.78 is 6.22. The van der Waals surface area contributed by atoms with Crippen LogP contribution in [0.25, 0.3) is 0 Å². The van der Waals surface area contributed by atoms with Gasteiger partial charge in [-0.1, -0.05) is 24.3 Å². The molecule has 26 heavy (non-hydrogen) atoms. The van der Waals surface area contributed by atoms with Gasteiger partial charge in [0.05, 0.1) is 5.60 Å². The van der Waals surface area contributed by atoms with Crippen LogP contribution in [0.5, 0.6) is 0 Å². The number of halogens is 2. The summed E-state index contributed by atoms with van der Waals surface area (Å²) in [7, 11) is 6.51. The molecule has 4 nitrogen and oxygen atoms in total. The molecule has 2 aliphatic rings. The van der Waals surface area contributed by atoms with Crippen LogP contribution in [-0.2, 0) is 17.8 Å². The molecular formula is C20H35Cl2N3O. The summed E-state index contributed by atoms with van der Waals surface area (Å²) >= 11 is 0. The molecule has 2 fully saturated rings. The highest BCUT2D eigenvalue weighted by Crippen LogP contribution is 2.35. The van der Waals surface area contributed by atoms with Crippen LogP contribution >= 0.6 is 24.8 Å². The normalized spacial score (nSPS) is 22.1. The third kappa shape index (κ3) is 6.36. The van der Waals surface area contributed by atoms with Crippen molar-refractivity contribution in [1.29, 1.82) is 0 Å². The Morgan fingerprint density at radius 2 is 1.58 bits per heavy atom. The van der Waals surface area contributed by atoms with Gasteiger partial charge in [-0.2, -0.15) is 0 Å². The van der Waals surface area contributed by atoms with Gasteiger partial charge in [0.25, 0.3) is 0 Å². The molecule has 1 aromatic carbocycles. The number of ether oxygens (including phenoxy) is 1. The van der Waals surface area contributed by atoms with E-state index in [1.54, 1.807) is 0 Å². The van der Waals surface area contributed by atoms with Crippen molar-refractivity contribution in [3.8, 4) is 0 Å². The molecule has 1 atom stereocenters. The first-order valence-electron chi connectivity index (χ1n) is 9.34. The zero-order valence-electron chi connectivity index (χ0n) is 16.4. The van der Waals surface area contributed by atoms with Crippen LogP contribution in [0.15, 0.2) is 24.3 Å². The Labute approximate surface area is 171 Å². The first kappa shape index (κ1) is 23.7. The van der Waals surface area contributed by atoms with Gasteiger partial charge in [-0.3, -0.25) is 4.90 Å². The van der Waals surface area contributed by atoms with E-state index in [1.807, 2.05) is 0 Å². The monoisotopic (exact) mass is 403 g/mol. The first-order valence-corrected chi connectivity index (χ1v) is 9.34. The smallest absolute Gasteiger partial charge is 0.0721 e. The number of piperidine rings is 1. The first-order chi connectivity index (χ1) is 11.6. The molecule has 6 heteroatoms. The quantitative estimate of drug-likeness (QED) is 0.815. The molecule has 0 bridgehead atoms. The fraction of sp³-hybridized carbons (Fsp3) is 0.700. The van der Waals surface area contributed by atoms with E-state index in [-0.39, 0.29) is 30.4 Å². The van der Waals surface area contributed by atoms with Crippen LogP contribution in [0.1, 0.15) is 36.8 Å². The minimum absolute atomic E-state index is 0. The van der Waals surface area contributed by atoms with Crippen LogP contribution in [-0.4, -0.2) is 62.3 Å². The summed E-state index contributed by atoms with van der Waals surface area (Å²) in [6.45, 7) is 5.15. The van der Waals surface area contributed by atoms with Gasteiger partial charge in [0.1, 0.15) is 0 Å². The molecule has 2 heterocycles. The van der Waals surface area contributed by atoms with Gasteiger partial charge in [-0.25, -0.2) is 0 Å². The van der Waals surface area contributed by atoms with Crippen molar-refractivity contribution in [3.05, 3.63) is 35.4 Å². The highest BCUT2D eigenvalue weighted by atomic mass is 35.5. The second-order valence-corrected chi connectivity index (χ2v) is 7.90. The van der Waals surface area contributed by atoms with E-state index in [4.69, 9.17) is 4.74 Å². The molecule has 0 radical (unpaired) electrons. The average Bonchev–Trinajstić information content (AvgIpc) is 2.57. The van der Waals surface area contributed by atoms with Crippen molar-refractivity contribution in [3.63, 3.8) is 0 Å². The summed E-state index contributed by atoms with van der Waals surface area (Å²) in [4.78, 5) is 4.74. The van der Waals surface area contributed by atoms with Crippen molar-refractivity contribution in [2.45, 2.75) is 50.4 Å². The number of nitrogens with one attached hydrogen (secondary N) is 1. The largest absolute Gasteiger partial charge is 0.375 e. The van der Waals surface area contributed by atoms with Crippen molar-refractivity contribution < 1.29 is 4.74 Å². The van der Waals surface area contributed by atoms with Crippen molar-refractivity contribution in [2.75, 3.05) is 40.8 Å². The standard InChI is InChI=1S/C20H33N3O.2ClH/c1-22(2)15-17-4-6-18(7-5-17)16-23(3)19-8-13-24-20(14-19)9-11-21-12-10-20;;/h4-7,19,21H,8-16H2,1-3H3;2*1H. The lowest BCUT2D eigenvalue weighted by Gasteiger charge is -2.46. The Balaban J connectivity index is 0.00000169. The van der Waals surface area contributed by atoms with Gasteiger partial charge >= 0.3 is 0 Å². The van der Waals surface area contributed by atoms with Gasteiger partial charge in [-0.15, -0.1) is 24.8 Å².